The van der Waals surface area contributed by atoms with Crippen LogP contribution in [-0.4, -0.2) is 24.1 Å². The van der Waals surface area contributed by atoms with Gasteiger partial charge >= 0.3 is 12.0 Å². The van der Waals surface area contributed by atoms with Gasteiger partial charge < -0.3 is 20.1 Å². The number of rotatable bonds is 9. The fourth-order valence-corrected chi connectivity index (χ4v) is 5.11. The van der Waals surface area contributed by atoms with Gasteiger partial charge in [-0.1, -0.05) is 55.8 Å². The summed E-state index contributed by atoms with van der Waals surface area (Å²) in [6.45, 7) is 4.05. The number of ether oxygens (including phenoxy) is 2. The highest BCUT2D eigenvalue weighted by molar-refractivity contribution is 7.15. The highest BCUT2D eigenvalue weighted by Crippen LogP contribution is 2.34. The van der Waals surface area contributed by atoms with Gasteiger partial charge in [-0.2, -0.15) is 0 Å². The van der Waals surface area contributed by atoms with E-state index in [0.717, 1.165) is 15.4 Å². The second-order valence-electron chi connectivity index (χ2n) is 9.42. The Kier molecular flexibility index (Phi) is 8.66. The van der Waals surface area contributed by atoms with Gasteiger partial charge in [-0.25, -0.2) is 9.78 Å². The van der Waals surface area contributed by atoms with Crippen molar-refractivity contribution in [1.82, 2.24) is 4.98 Å². The Morgan fingerprint density at radius 3 is 2.45 bits per heavy atom. The summed E-state index contributed by atoms with van der Waals surface area (Å²) in [7, 11) is 1.40. The van der Waals surface area contributed by atoms with E-state index < -0.39 is 6.03 Å². The zero-order valence-corrected chi connectivity index (χ0v) is 22.9. The summed E-state index contributed by atoms with van der Waals surface area (Å²) < 4.78 is 10.7. The number of benzene rings is 3. The molecule has 4 rings (SSSR count). The molecule has 38 heavy (non-hydrogen) atoms. The van der Waals surface area contributed by atoms with Crippen LogP contribution < -0.4 is 15.4 Å². The Bertz CT molecular complexity index is 1410. The highest BCUT2D eigenvalue weighted by Gasteiger charge is 2.24. The first kappa shape index (κ1) is 27.2. The molecule has 0 aliphatic rings. The average Bonchev–Trinajstić information content (AvgIpc) is 3.34. The van der Waals surface area contributed by atoms with Crippen molar-refractivity contribution in [2.75, 3.05) is 17.7 Å². The summed E-state index contributed by atoms with van der Waals surface area (Å²) in [4.78, 5) is 29.9. The molecule has 0 unspecified atom stereocenters. The standard InChI is InChI=1S/C29H28ClN3O4S/c1-29(2,17-27(34)36-3)16-26-31-18-25(38-26)19-9-12-21(13-10-19)32-28(35)33-23-14-11-20(30)15-24(23)37-22-7-5-4-6-8-22/h4-15,18H,16-17H2,1-3H3,(H2,32,33,35). The number of thiazole rings is 1. The lowest BCUT2D eigenvalue weighted by molar-refractivity contribution is -0.142. The number of hydrogen-bond donors (Lipinski definition) is 2. The molecular weight excluding hydrogens is 522 g/mol. The van der Waals surface area contributed by atoms with Crippen LogP contribution in [0.15, 0.2) is 79.0 Å². The summed E-state index contributed by atoms with van der Waals surface area (Å²) in [6.07, 6.45) is 2.84. The van der Waals surface area contributed by atoms with Crippen molar-refractivity contribution >= 4 is 46.3 Å². The number of halogens is 1. The van der Waals surface area contributed by atoms with E-state index >= 15 is 0 Å². The van der Waals surface area contributed by atoms with Crippen LogP contribution in [-0.2, 0) is 16.0 Å². The van der Waals surface area contributed by atoms with Gasteiger partial charge in [-0.15, -0.1) is 11.3 Å². The number of aromatic nitrogens is 1. The van der Waals surface area contributed by atoms with Crippen LogP contribution in [0.3, 0.4) is 0 Å². The van der Waals surface area contributed by atoms with Gasteiger partial charge in [-0.05, 0) is 47.4 Å². The Morgan fingerprint density at radius 1 is 1.00 bits per heavy atom. The number of nitrogens with zero attached hydrogens (tertiary/aromatic N) is 1. The number of para-hydroxylation sites is 1. The van der Waals surface area contributed by atoms with Crippen molar-refractivity contribution in [2.45, 2.75) is 26.7 Å². The molecule has 0 bridgehead atoms. The summed E-state index contributed by atoms with van der Waals surface area (Å²) >= 11 is 7.73. The topological polar surface area (TPSA) is 89.5 Å². The lowest BCUT2D eigenvalue weighted by Gasteiger charge is -2.21. The molecule has 3 aromatic carbocycles. The van der Waals surface area contributed by atoms with Crippen molar-refractivity contribution in [3.05, 3.63) is 89.0 Å². The average molecular weight is 550 g/mol. The molecule has 1 heterocycles. The number of nitrogens with one attached hydrogen (secondary N) is 2. The van der Waals surface area contributed by atoms with Gasteiger partial charge in [0.25, 0.3) is 0 Å². The number of esters is 1. The first-order chi connectivity index (χ1) is 18.2. The number of hydrogen-bond acceptors (Lipinski definition) is 6. The molecule has 9 heteroatoms. The minimum absolute atomic E-state index is 0.227. The van der Waals surface area contributed by atoms with E-state index in [9.17, 15) is 9.59 Å². The molecule has 196 valence electrons. The van der Waals surface area contributed by atoms with E-state index in [1.807, 2.05) is 74.6 Å². The number of amides is 2. The highest BCUT2D eigenvalue weighted by atomic mass is 35.5. The molecular formula is C29H28ClN3O4S. The third kappa shape index (κ3) is 7.57. The van der Waals surface area contributed by atoms with Crippen LogP contribution in [0, 0.1) is 5.41 Å². The Balaban J connectivity index is 1.38. The van der Waals surface area contributed by atoms with E-state index in [1.165, 1.54) is 7.11 Å². The summed E-state index contributed by atoms with van der Waals surface area (Å²) in [5, 5.41) is 7.11. The number of carbonyl (C=O) groups is 2. The van der Waals surface area contributed by atoms with Crippen LogP contribution >= 0.6 is 22.9 Å². The molecule has 0 saturated heterocycles. The molecule has 4 aromatic rings. The fourth-order valence-electron chi connectivity index (χ4n) is 3.76. The molecule has 0 spiro atoms. The SMILES string of the molecule is COC(=O)CC(C)(C)Cc1ncc(-c2ccc(NC(=O)Nc3ccc(Cl)cc3Oc3ccccc3)cc2)s1. The zero-order valence-electron chi connectivity index (χ0n) is 21.3. The smallest absolute Gasteiger partial charge is 0.323 e. The molecule has 2 N–H and O–H groups in total. The summed E-state index contributed by atoms with van der Waals surface area (Å²) in [6, 6.07) is 21.4. The molecule has 0 fully saturated rings. The van der Waals surface area contributed by atoms with Gasteiger partial charge in [0.1, 0.15) is 5.75 Å². The van der Waals surface area contributed by atoms with Crippen LogP contribution in [0.5, 0.6) is 11.5 Å². The van der Waals surface area contributed by atoms with Gasteiger partial charge in [0.2, 0.25) is 0 Å². The molecule has 0 atom stereocenters. The van der Waals surface area contributed by atoms with E-state index in [2.05, 4.69) is 15.6 Å². The van der Waals surface area contributed by atoms with Crippen molar-refractivity contribution < 1.29 is 19.1 Å². The van der Waals surface area contributed by atoms with Crippen LogP contribution in [0.2, 0.25) is 5.02 Å². The maximum atomic E-state index is 12.7. The number of methoxy groups -OCH3 is 1. The number of urea groups is 1. The molecule has 0 aliphatic heterocycles. The van der Waals surface area contributed by atoms with Crippen molar-refractivity contribution in [2.24, 2.45) is 5.41 Å². The van der Waals surface area contributed by atoms with Gasteiger partial charge in [-0.3, -0.25) is 4.79 Å². The maximum absolute atomic E-state index is 12.7. The maximum Gasteiger partial charge on any atom is 0.323 e. The second-order valence-corrected chi connectivity index (χ2v) is 11.0. The zero-order chi connectivity index (χ0) is 27.1. The Labute approximate surface area is 230 Å². The van der Waals surface area contributed by atoms with Gasteiger partial charge in [0, 0.05) is 29.4 Å². The van der Waals surface area contributed by atoms with E-state index in [-0.39, 0.29) is 11.4 Å². The molecule has 7 nitrogen and oxygen atoms in total. The summed E-state index contributed by atoms with van der Waals surface area (Å²) in [5.41, 5.74) is 1.86. The number of anilines is 2. The van der Waals surface area contributed by atoms with Crippen molar-refractivity contribution in [3.63, 3.8) is 0 Å². The quantitative estimate of drug-likeness (QED) is 0.206. The number of carbonyl (C=O) groups excluding carboxylic acids is 2. The minimum Gasteiger partial charge on any atom is -0.469 e. The van der Waals surface area contributed by atoms with Crippen LogP contribution in [0.4, 0.5) is 16.2 Å². The molecule has 1 aromatic heterocycles. The van der Waals surface area contributed by atoms with Crippen LogP contribution in [0.1, 0.15) is 25.3 Å². The van der Waals surface area contributed by atoms with Crippen molar-refractivity contribution in [1.29, 1.82) is 0 Å². The normalized spacial score (nSPS) is 11.1. The first-order valence-corrected chi connectivity index (χ1v) is 13.1. The van der Waals surface area contributed by atoms with Gasteiger partial charge in [0.15, 0.2) is 5.75 Å². The molecule has 0 saturated carbocycles. The molecule has 2 amide bonds. The first-order valence-electron chi connectivity index (χ1n) is 11.9. The fraction of sp³-hybridized carbons (Fsp3) is 0.207. The second kappa shape index (κ2) is 12.1. The molecule has 0 radical (unpaired) electrons. The molecule has 0 aliphatic carbocycles. The minimum atomic E-state index is -0.411. The van der Waals surface area contributed by atoms with Crippen LogP contribution in [0.25, 0.3) is 10.4 Å². The third-order valence-corrected chi connectivity index (χ3v) is 6.91. The largest absolute Gasteiger partial charge is 0.469 e. The van der Waals surface area contributed by atoms with Crippen molar-refractivity contribution in [3.8, 4) is 21.9 Å². The Hall–Kier alpha value is -3.88. The summed E-state index contributed by atoms with van der Waals surface area (Å²) in [5.74, 6) is 0.840. The van der Waals surface area contributed by atoms with E-state index in [1.54, 1.807) is 29.5 Å². The Morgan fingerprint density at radius 2 is 1.74 bits per heavy atom. The van der Waals surface area contributed by atoms with Gasteiger partial charge in [0.05, 0.1) is 29.1 Å². The predicted octanol–water partition coefficient (Wildman–Crippen LogP) is 8.03. The van der Waals surface area contributed by atoms with E-state index in [0.29, 0.717) is 40.7 Å². The monoisotopic (exact) mass is 549 g/mol. The predicted molar refractivity (Wildman–Crippen MR) is 152 cm³/mol. The lowest BCUT2D eigenvalue weighted by atomic mass is 9.86. The third-order valence-electron chi connectivity index (χ3n) is 5.62. The van der Waals surface area contributed by atoms with E-state index in [4.69, 9.17) is 21.1 Å². The lowest BCUT2D eigenvalue weighted by Crippen LogP contribution is -2.20.